The zero-order valence-corrected chi connectivity index (χ0v) is 11.9. The third-order valence-corrected chi connectivity index (χ3v) is 3.75. The van der Waals surface area contributed by atoms with Gasteiger partial charge < -0.3 is 9.09 Å². The molecule has 0 fully saturated rings. The second-order valence-electron chi connectivity index (χ2n) is 4.79. The second kappa shape index (κ2) is 4.80. The highest BCUT2D eigenvalue weighted by molar-refractivity contribution is 6.31. The number of aromatic nitrogens is 2. The average molecular weight is 289 g/mol. The van der Waals surface area contributed by atoms with Gasteiger partial charge in [0.25, 0.3) is 0 Å². The van der Waals surface area contributed by atoms with Crippen LogP contribution in [0.15, 0.2) is 28.9 Å². The molecule has 2 aromatic heterocycles. The van der Waals surface area contributed by atoms with E-state index in [-0.39, 0.29) is 0 Å². The normalized spacial score (nSPS) is 11.2. The zero-order valence-electron chi connectivity index (χ0n) is 11.2. The van der Waals surface area contributed by atoms with Crippen molar-refractivity contribution in [2.75, 3.05) is 0 Å². The van der Waals surface area contributed by atoms with E-state index < -0.39 is 0 Å². The first-order valence-electron chi connectivity index (χ1n) is 6.25. The maximum atomic E-state index is 11.2. The first kappa shape index (κ1) is 12.9. The Morgan fingerprint density at radius 2 is 2.20 bits per heavy atom. The molecule has 3 rings (SSSR count). The highest BCUT2D eigenvalue weighted by Crippen LogP contribution is 2.25. The highest BCUT2D eigenvalue weighted by atomic mass is 35.5. The van der Waals surface area contributed by atoms with Gasteiger partial charge in [-0.1, -0.05) is 22.8 Å². The van der Waals surface area contributed by atoms with E-state index in [9.17, 15) is 4.79 Å². The summed E-state index contributed by atoms with van der Waals surface area (Å²) in [6, 6.07) is 5.52. The lowest BCUT2D eigenvalue weighted by Crippen LogP contribution is -2.00. The maximum absolute atomic E-state index is 11.2. The fraction of sp³-hybridized carbons (Fsp3) is 0.200. The van der Waals surface area contributed by atoms with Crippen LogP contribution in [0.25, 0.3) is 10.9 Å². The van der Waals surface area contributed by atoms with Gasteiger partial charge in [-0.15, -0.1) is 0 Å². The fourth-order valence-corrected chi connectivity index (χ4v) is 2.58. The molecular formula is C15H13ClN2O2. The Hall–Kier alpha value is -2.07. The van der Waals surface area contributed by atoms with Crippen molar-refractivity contribution < 1.29 is 9.32 Å². The van der Waals surface area contributed by atoms with E-state index >= 15 is 0 Å². The molecule has 0 N–H and O–H groups in total. The number of fused-ring (bicyclic) bond motifs is 1. The summed E-state index contributed by atoms with van der Waals surface area (Å²) in [5.41, 5.74) is 3.47. The SMILES string of the molecule is Cc1noc(C)c1Cn1cc(C=O)c2ccc(Cl)cc21. The lowest BCUT2D eigenvalue weighted by molar-refractivity contribution is 0.112. The fourth-order valence-electron chi connectivity index (χ4n) is 2.42. The molecule has 0 saturated heterocycles. The molecule has 0 amide bonds. The quantitative estimate of drug-likeness (QED) is 0.689. The lowest BCUT2D eigenvalue weighted by atomic mass is 10.2. The molecule has 2 heterocycles. The summed E-state index contributed by atoms with van der Waals surface area (Å²) < 4.78 is 7.17. The Morgan fingerprint density at radius 3 is 2.85 bits per heavy atom. The van der Waals surface area contributed by atoms with Crippen molar-refractivity contribution in [2.24, 2.45) is 0 Å². The third-order valence-electron chi connectivity index (χ3n) is 3.51. The molecule has 5 heteroatoms. The van der Waals surface area contributed by atoms with Crippen LogP contribution < -0.4 is 0 Å². The van der Waals surface area contributed by atoms with Gasteiger partial charge in [0.2, 0.25) is 0 Å². The summed E-state index contributed by atoms with van der Waals surface area (Å²) in [7, 11) is 0. The number of hydrogen-bond acceptors (Lipinski definition) is 3. The van der Waals surface area contributed by atoms with Crippen molar-refractivity contribution in [2.45, 2.75) is 20.4 Å². The van der Waals surface area contributed by atoms with Crippen LogP contribution in [0.2, 0.25) is 5.02 Å². The first-order valence-corrected chi connectivity index (χ1v) is 6.63. The minimum Gasteiger partial charge on any atom is -0.361 e. The van der Waals surface area contributed by atoms with Crippen LogP contribution in [0.1, 0.15) is 27.4 Å². The molecule has 0 bridgehead atoms. The van der Waals surface area contributed by atoms with Crippen LogP contribution in [-0.4, -0.2) is 16.0 Å². The number of rotatable bonds is 3. The molecule has 0 aliphatic carbocycles. The molecule has 3 aromatic rings. The number of aldehydes is 1. The first-order chi connectivity index (χ1) is 9.60. The molecule has 0 unspecified atom stereocenters. The number of hydrogen-bond donors (Lipinski definition) is 0. The number of carbonyl (C=O) groups excluding carboxylic acids is 1. The summed E-state index contributed by atoms with van der Waals surface area (Å²) in [4.78, 5) is 11.2. The molecule has 4 nitrogen and oxygen atoms in total. The van der Waals surface area contributed by atoms with Crippen LogP contribution in [0.3, 0.4) is 0 Å². The van der Waals surface area contributed by atoms with Gasteiger partial charge >= 0.3 is 0 Å². The van der Waals surface area contributed by atoms with Crippen molar-refractivity contribution >= 4 is 28.8 Å². The smallest absolute Gasteiger partial charge is 0.152 e. The summed E-state index contributed by atoms with van der Waals surface area (Å²) in [6.07, 6.45) is 2.69. The molecular weight excluding hydrogens is 276 g/mol. The van der Waals surface area contributed by atoms with Gasteiger partial charge in [-0.05, 0) is 26.0 Å². The summed E-state index contributed by atoms with van der Waals surface area (Å²) >= 11 is 6.05. The molecule has 0 aliphatic rings. The minimum atomic E-state index is 0.603. The van der Waals surface area contributed by atoms with Crippen LogP contribution in [0.4, 0.5) is 0 Å². The lowest BCUT2D eigenvalue weighted by Gasteiger charge is -2.05. The van der Waals surface area contributed by atoms with E-state index in [4.69, 9.17) is 16.1 Å². The second-order valence-corrected chi connectivity index (χ2v) is 5.23. The van der Waals surface area contributed by atoms with E-state index in [0.29, 0.717) is 17.1 Å². The van der Waals surface area contributed by atoms with E-state index in [1.807, 2.05) is 36.7 Å². The molecule has 0 saturated carbocycles. The number of aryl methyl sites for hydroxylation is 2. The van der Waals surface area contributed by atoms with Crippen LogP contribution >= 0.6 is 11.6 Å². The van der Waals surface area contributed by atoms with Crippen molar-refractivity contribution in [3.05, 3.63) is 52.0 Å². The molecule has 20 heavy (non-hydrogen) atoms. The Balaban J connectivity index is 2.16. The average Bonchev–Trinajstić information content (AvgIpc) is 2.93. The number of halogens is 1. The van der Waals surface area contributed by atoms with Crippen LogP contribution in [-0.2, 0) is 6.54 Å². The monoisotopic (exact) mass is 288 g/mol. The van der Waals surface area contributed by atoms with Crippen LogP contribution in [0.5, 0.6) is 0 Å². The summed E-state index contributed by atoms with van der Waals surface area (Å²) in [5, 5.41) is 5.50. The molecule has 0 atom stereocenters. The van der Waals surface area contributed by atoms with Crippen molar-refractivity contribution in [1.82, 2.24) is 9.72 Å². The van der Waals surface area contributed by atoms with Gasteiger partial charge in [-0.25, -0.2) is 0 Å². The maximum Gasteiger partial charge on any atom is 0.152 e. The van der Waals surface area contributed by atoms with Gasteiger partial charge in [0.1, 0.15) is 5.76 Å². The van der Waals surface area contributed by atoms with Gasteiger partial charge in [0, 0.05) is 27.7 Å². The third kappa shape index (κ3) is 2.02. The van der Waals surface area contributed by atoms with Crippen molar-refractivity contribution in [1.29, 1.82) is 0 Å². The predicted octanol–water partition coefficient (Wildman–Crippen LogP) is 3.76. The van der Waals surface area contributed by atoms with Gasteiger partial charge in [-0.3, -0.25) is 4.79 Å². The zero-order chi connectivity index (χ0) is 14.3. The van der Waals surface area contributed by atoms with Crippen molar-refractivity contribution in [3.8, 4) is 0 Å². The Morgan fingerprint density at radius 1 is 1.40 bits per heavy atom. The van der Waals surface area contributed by atoms with Gasteiger partial charge in [0.05, 0.1) is 17.8 Å². The largest absolute Gasteiger partial charge is 0.361 e. The minimum absolute atomic E-state index is 0.603. The predicted molar refractivity (Wildman–Crippen MR) is 77.4 cm³/mol. The molecule has 102 valence electrons. The topological polar surface area (TPSA) is 48.0 Å². The number of carbonyl (C=O) groups is 1. The van der Waals surface area contributed by atoms with Gasteiger partial charge in [0.15, 0.2) is 6.29 Å². The Labute approximate surface area is 120 Å². The number of nitrogens with zero attached hydrogens (tertiary/aromatic N) is 2. The Bertz CT molecular complexity index is 782. The summed E-state index contributed by atoms with van der Waals surface area (Å²) in [6.45, 7) is 4.39. The van der Waals surface area contributed by atoms with Gasteiger partial charge in [-0.2, -0.15) is 0 Å². The van der Waals surface area contributed by atoms with E-state index in [1.165, 1.54) is 0 Å². The number of benzene rings is 1. The van der Waals surface area contributed by atoms with Crippen molar-refractivity contribution in [3.63, 3.8) is 0 Å². The standard InChI is InChI=1S/C15H13ClN2O2/c1-9-14(10(2)20-17-9)7-18-6-11(8-19)13-4-3-12(16)5-15(13)18/h3-6,8H,7H2,1-2H3. The van der Waals surface area contributed by atoms with E-state index in [0.717, 1.165) is 34.2 Å². The molecule has 0 spiro atoms. The summed E-state index contributed by atoms with van der Waals surface area (Å²) in [5.74, 6) is 0.791. The molecule has 0 aliphatic heterocycles. The van der Waals surface area contributed by atoms with Crippen LogP contribution in [0, 0.1) is 13.8 Å². The van der Waals surface area contributed by atoms with E-state index in [1.54, 1.807) is 6.07 Å². The molecule has 1 aromatic carbocycles. The highest BCUT2D eigenvalue weighted by Gasteiger charge is 2.13. The van der Waals surface area contributed by atoms with E-state index in [2.05, 4.69) is 5.16 Å². The Kier molecular flexibility index (Phi) is 3.10. The molecule has 0 radical (unpaired) electrons.